The Balaban J connectivity index is 2.50. The summed E-state index contributed by atoms with van der Waals surface area (Å²) < 4.78 is 0. The monoisotopic (exact) mass is 223 g/mol. The van der Waals surface area contributed by atoms with Gasteiger partial charge >= 0.3 is 5.97 Å². The summed E-state index contributed by atoms with van der Waals surface area (Å²) in [7, 11) is 0. The molecule has 80 valence electrons. The number of carbonyl (C=O) groups is 1. The maximum Gasteiger partial charge on any atom is 0.337 e. The number of carboxylic acid groups (broad SMARTS) is 1. The van der Waals surface area contributed by atoms with E-state index < -0.39 is 5.97 Å². The number of pyridine rings is 1. The lowest BCUT2D eigenvalue weighted by Gasteiger charge is -2.00. The van der Waals surface area contributed by atoms with E-state index in [9.17, 15) is 4.79 Å². The minimum atomic E-state index is -0.944. The predicted octanol–water partition coefficient (Wildman–Crippen LogP) is 2.84. The third-order valence-corrected chi connectivity index (χ3v) is 2.71. The summed E-state index contributed by atoms with van der Waals surface area (Å²) in [5.74, 6) is -0.0182. The average Bonchev–Trinajstić information content (AvgIpc) is 2.18. The average molecular weight is 223 g/mol. The Labute approximate surface area is 93.2 Å². The van der Waals surface area contributed by atoms with Crippen LogP contribution in [0.1, 0.15) is 23.7 Å². The minimum absolute atomic E-state index is 0.222. The van der Waals surface area contributed by atoms with Crippen LogP contribution in [0, 0.1) is 0 Å². The molecule has 0 fully saturated rings. The van der Waals surface area contributed by atoms with Crippen LogP contribution in [0.3, 0.4) is 0 Å². The van der Waals surface area contributed by atoms with Gasteiger partial charge < -0.3 is 5.11 Å². The van der Waals surface area contributed by atoms with Crippen molar-refractivity contribution in [1.29, 1.82) is 0 Å². The van der Waals surface area contributed by atoms with Gasteiger partial charge in [0.25, 0.3) is 0 Å². The summed E-state index contributed by atoms with van der Waals surface area (Å²) in [4.78, 5) is 14.6. The van der Waals surface area contributed by atoms with Crippen LogP contribution in [0.15, 0.2) is 35.5 Å². The van der Waals surface area contributed by atoms with E-state index in [1.54, 1.807) is 23.9 Å². The molecule has 15 heavy (non-hydrogen) atoms. The summed E-state index contributed by atoms with van der Waals surface area (Å²) >= 11 is 1.60. The van der Waals surface area contributed by atoms with Gasteiger partial charge in [0.2, 0.25) is 0 Å². The fraction of sp³-hybridized carbons (Fsp3) is 0.273. The molecule has 0 spiro atoms. The van der Waals surface area contributed by atoms with Crippen LogP contribution in [0.25, 0.3) is 0 Å². The van der Waals surface area contributed by atoms with E-state index in [1.165, 1.54) is 6.20 Å². The van der Waals surface area contributed by atoms with Gasteiger partial charge in [-0.25, -0.2) is 9.78 Å². The van der Waals surface area contributed by atoms with Crippen LogP contribution in [0.5, 0.6) is 0 Å². The number of thioether (sulfide) groups is 1. The Kier molecular flexibility index (Phi) is 4.37. The number of aromatic nitrogens is 1. The van der Waals surface area contributed by atoms with Crippen molar-refractivity contribution in [2.75, 3.05) is 5.75 Å². The maximum atomic E-state index is 10.6. The molecule has 0 saturated carbocycles. The lowest BCUT2D eigenvalue weighted by molar-refractivity contribution is 0.0696. The molecule has 0 unspecified atom stereocenters. The molecule has 0 aromatic carbocycles. The molecule has 1 rings (SSSR count). The minimum Gasteiger partial charge on any atom is -0.478 e. The molecule has 4 heteroatoms. The fourth-order valence-electron chi connectivity index (χ4n) is 0.922. The SMILES string of the molecule is C=C(C)CCSc1ccc(C(=O)O)cn1. The van der Waals surface area contributed by atoms with Crippen molar-refractivity contribution in [3.05, 3.63) is 36.0 Å². The first-order chi connectivity index (χ1) is 7.09. The number of allylic oxidation sites excluding steroid dienone is 1. The highest BCUT2D eigenvalue weighted by molar-refractivity contribution is 7.99. The number of hydrogen-bond acceptors (Lipinski definition) is 3. The molecule has 1 aromatic heterocycles. The van der Waals surface area contributed by atoms with Crippen molar-refractivity contribution >= 4 is 17.7 Å². The van der Waals surface area contributed by atoms with Crippen molar-refractivity contribution in [2.24, 2.45) is 0 Å². The van der Waals surface area contributed by atoms with Crippen molar-refractivity contribution in [1.82, 2.24) is 4.98 Å². The van der Waals surface area contributed by atoms with Crippen LogP contribution in [0.2, 0.25) is 0 Å². The van der Waals surface area contributed by atoms with E-state index in [-0.39, 0.29) is 5.56 Å². The molecular weight excluding hydrogens is 210 g/mol. The third-order valence-electron chi connectivity index (χ3n) is 1.76. The first-order valence-electron chi connectivity index (χ1n) is 4.56. The van der Waals surface area contributed by atoms with Crippen LogP contribution in [-0.4, -0.2) is 21.8 Å². The quantitative estimate of drug-likeness (QED) is 0.616. The molecule has 3 nitrogen and oxygen atoms in total. The molecule has 0 saturated heterocycles. The first kappa shape index (κ1) is 11.8. The largest absolute Gasteiger partial charge is 0.478 e. The van der Waals surface area contributed by atoms with Crippen molar-refractivity contribution in [3.8, 4) is 0 Å². The summed E-state index contributed by atoms with van der Waals surface area (Å²) in [6.45, 7) is 5.80. The molecule has 0 bridgehead atoms. The standard InChI is InChI=1S/C11H13NO2S/c1-8(2)5-6-15-10-4-3-9(7-12-10)11(13)14/h3-4,7H,1,5-6H2,2H3,(H,13,14). The normalized spacial score (nSPS) is 9.93. The lowest BCUT2D eigenvalue weighted by atomic mass is 10.3. The highest BCUT2D eigenvalue weighted by Gasteiger charge is 2.02. The second-order valence-corrected chi connectivity index (χ2v) is 4.36. The second kappa shape index (κ2) is 5.56. The van der Waals surface area contributed by atoms with E-state index in [0.29, 0.717) is 0 Å². The van der Waals surface area contributed by atoms with E-state index in [4.69, 9.17) is 5.11 Å². The van der Waals surface area contributed by atoms with Gasteiger partial charge in [-0.15, -0.1) is 18.3 Å². The molecule has 0 amide bonds. The summed E-state index contributed by atoms with van der Waals surface area (Å²) in [5, 5.41) is 9.51. The Bertz CT molecular complexity index is 359. The van der Waals surface area contributed by atoms with Crippen LogP contribution < -0.4 is 0 Å². The van der Waals surface area contributed by atoms with Gasteiger partial charge in [0, 0.05) is 11.9 Å². The van der Waals surface area contributed by atoms with Gasteiger partial charge in [0.05, 0.1) is 10.6 Å². The van der Waals surface area contributed by atoms with Crippen molar-refractivity contribution in [2.45, 2.75) is 18.4 Å². The molecule has 0 aliphatic carbocycles. The van der Waals surface area contributed by atoms with Crippen LogP contribution in [-0.2, 0) is 0 Å². The zero-order valence-electron chi connectivity index (χ0n) is 8.56. The lowest BCUT2D eigenvalue weighted by Crippen LogP contribution is -1.96. The molecule has 0 radical (unpaired) electrons. The second-order valence-electron chi connectivity index (χ2n) is 3.25. The Morgan fingerprint density at radius 1 is 1.60 bits per heavy atom. The third kappa shape index (κ3) is 4.16. The number of hydrogen-bond donors (Lipinski definition) is 1. The zero-order valence-corrected chi connectivity index (χ0v) is 9.38. The molecular formula is C11H13NO2S. The molecule has 1 heterocycles. The summed E-state index contributed by atoms with van der Waals surface area (Å²) in [5.41, 5.74) is 1.36. The van der Waals surface area contributed by atoms with Crippen molar-refractivity contribution < 1.29 is 9.90 Å². The van der Waals surface area contributed by atoms with Crippen LogP contribution in [0.4, 0.5) is 0 Å². The predicted molar refractivity (Wildman–Crippen MR) is 61.4 cm³/mol. The Hall–Kier alpha value is -1.29. The van der Waals surface area contributed by atoms with Gasteiger partial charge in [-0.3, -0.25) is 0 Å². The van der Waals surface area contributed by atoms with E-state index in [2.05, 4.69) is 11.6 Å². The van der Waals surface area contributed by atoms with Crippen molar-refractivity contribution in [3.63, 3.8) is 0 Å². The first-order valence-corrected chi connectivity index (χ1v) is 5.54. The molecule has 0 aliphatic rings. The Morgan fingerprint density at radius 2 is 2.33 bits per heavy atom. The maximum absolute atomic E-state index is 10.6. The summed E-state index contributed by atoms with van der Waals surface area (Å²) in [6, 6.07) is 3.30. The zero-order chi connectivity index (χ0) is 11.3. The molecule has 0 atom stereocenters. The molecule has 0 aliphatic heterocycles. The van der Waals surface area contributed by atoms with Gasteiger partial charge in [-0.1, -0.05) is 5.57 Å². The van der Waals surface area contributed by atoms with Crippen LogP contribution >= 0.6 is 11.8 Å². The van der Waals surface area contributed by atoms with Gasteiger partial charge in [0.15, 0.2) is 0 Å². The fourth-order valence-corrected chi connectivity index (χ4v) is 1.87. The van der Waals surface area contributed by atoms with E-state index in [0.717, 1.165) is 22.8 Å². The van der Waals surface area contributed by atoms with Gasteiger partial charge in [-0.2, -0.15) is 0 Å². The Morgan fingerprint density at radius 3 is 2.80 bits per heavy atom. The number of rotatable bonds is 5. The molecule has 1 N–H and O–H groups in total. The van der Waals surface area contributed by atoms with E-state index >= 15 is 0 Å². The number of aromatic carboxylic acids is 1. The van der Waals surface area contributed by atoms with Gasteiger partial charge in [0.1, 0.15) is 0 Å². The highest BCUT2D eigenvalue weighted by Crippen LogP contribution is 2.17. The number of nitrogens with zero attached hydrogens (tertiary/aromatic N) is 1. The van der Waals surface area contributed by atoms with Gasteiger partial charge in [-0.05, 0) is 25.5 Å². The highest BCUT2D eigenvalue weighted by atomic mass is 32.2. The molecule has 1 aromatic rings. The topological polar surface area (TPSA) is 50.2 Å². The van der Waals surface area contributed by atoms with E-state index in [1.807, 2.05) is 6.92 Å². The summed E-state index contributed by atoms with van der Waals surface area (Å²) in [6.07, 6.45) is 2.33. The number of carboxylic acids is 1. The smallest absolute Gasteiger partial charge is 0.337 e.